The minimum absolute atomic E-state index is 0.0316. The topological polar surface area (TPSA) is 28.0 Å². The van der Waals surface area contributed by atoms with Gasteiger partial charge in [0.2, 0.25) is 0 Å². The van der Waals surface area contributed by atoms with E-state index >= 15 is 0 Å². The van der Waals surface area contributed by atoms with E-state index in [4.69, 9.17) is 4.99 Å². The van der Waals surface area contributed by atoms with Crippen LogP contribution in [0.4, 0.5) is 0 Å². The van der Waals surface area contributed by atoms with Gasteiger partial charge in [-0.1, -0.05) is 24.8 Å². The highest BCUT2D eigenvalue weighted by atomic mass is 32.2. The molecule has 16 heavy (non-hydrogen) atoms. The molecule has 0 aromatic heterocycles. The van der Waals surface area contributed by atoms with E-state index in [2.05, 4.69) is 42.9 Å². The third-order valence-electron chi connectivity index (χ3n) is 2.86. The predicted molar refractivity (Wildman–Crippen MR) is 72.4 cm³/mol. The van der Waals surface area contributed by atoms with Crippen LogP contribution in [0.5, 0.6) is 0 Å². The summed E-state index contributed by atoms with van der Waals surface area (Å²) in [6.07, 6.45) is 6.52. The SMILES string of the molecule is CCCN(C)C1=NC2(CC=C1)CN=C(C)S2. The molecule has 0 aromatic rings. The van der Waals surface area contributed by atoms with Crippen molar-refractivity contribution in [2.24, 2.45) is 9.98 Å². The molecule has 2 aliphatic rings. The van der Waals surface area contributed by atoms with Crippen LogP contribution < -0.4 is 0 Å². The second-order valence-corrected chi connectivity index (χ2v) is 5.94. The number of dihydropyridines is 1. The maximum absolute atomic E-state index is 4.89. The summed E-state index contributed by atoms with van der Waals surface area (Å²) in [4.78, 5) is 11.6. The Labute approximate surface area is 102 Å². The fourth-order valence-electron chi connectivity index (χ4n) is 2.04. The van der Waals surface area contributed by atoms with E-state index in [1.807, 2.05) is 11.8 Å². The molecule has 0 saturated carbocycles. The van der Waals surface area contributed by atoms with Crippen molar-refractivity contribution in [3.8, 4) is 0 Å². The van der Waals surface area contributed by atoms with Crippen molar-refractivity contribution in [3.63, 3.8) is 0 Å². The molecule has 0 radical (unpaired) electrons. The third-order valence-corrected chi connectivity index (χ3v) is 4.05. The molecule has 1 unspecified atom stereocenters. The number of amidine groups is 1. The lowest BCUT2D eigenvalue weighted by molar-refractivity contribution is 0.489. The van der Waals surface area contributed by atoms with Crippen LogP contribution in [0.25, 0.3) is 0 Å². The van der Waals surface area contributed by atoms with Crippen LogP contribution in [0.1, 0.15) is 26.7 Å². The average molecular weight is 237 g/mol. The zero-order valence-corrected chi connectivity index (χ0v) is 11.0. The summed E-state index contributed by atoms with van der Waals surface area (Å²) in [5, 5.41) is 1.16. The first-order valence-electron chi connectivity index (χ1n) is 5.83. The molecule has 2 aliphatic heterocycles. The summed E-state index contributed by atoms with van der Waals surface area (Å²) in [6, 6.07) is 0. The maximum atomic E-state index is 4.89. The average Bonchev–Trinajstić information content (AvgIpc) is 2.60. The normalized spacial score (nSPS) is 28.2. The second kappa shape index (κ2) is 4.62. The summed E-state index contributed by atoms with van der Waals surface area (Å²) in [5.41, 5.74) is 0. The summed E-state index contributed by atoms with van der Waals surface area (Å²) in [6.45, 7) is 6.15. The van der Waals surface area contributed by atoms with Gasteiger partial charge in [0.05, 0.1) is 11.6 Å². The first kappa shape index (κ1) is 11.7. The molecule has 3 nitrogen and oxygen atoms in total. The van der Waals surface area contributed by atoms with E-state index in [0.717, 1.165) is 36.8 Å². The van der Waals surface area contributed by atoms with Gasteiger partial charge in [0.15, 0.2) is 0 Å². The van der Waals surface area contributed by atoms with E-state index in [1.54, 1.807) is 0 Å². The van der Waals surface area contributed by atoms with Gasteiger partial charge in [-0.05, 0) is 19.4 Å². The molecule has 2 rings (SSSR count). The predicted octanol–water partition coefficient (Wildman–Crippen LogP) is 2.55. The lowest BCUT2D eigenvalue weighted by Crippen LogP contribution is -2.34. The van der Waals surface area contributed by atoms with Gasteiger partial charge in [-0.25, -0.2) is 4.99 Å². The first-order chi connectivity index (χ1) is 7.65. The summed E-state index contributed by atoms with van der Waals surface area (Å²) in [7, 11) is 2.11. The maximum Gasteiger partial charge on any atom is 0.136 e. The van der Waals surface area contributed by atoms with E-state index in [-0.39, 0.29) is 4.87 Å². The van der Waals surface area contributed by atoms with Gasteiger partial charge in [0, 0.05) is 20.0 Å². The Hall–Kier alpha value is -0.770. The van der Waals surface area contributed by atoms with Crippen molar-refractivity contribution in [3.05, 3.63) is 12.2 Å². The van der Waals surface area contributed by atoms with Gasteiger partial charge in [-0.2, -0.15) is 0 Å². The molecule has 0 aliphatic carbocycles. The van der Waals surface area contributed by atoms with E-state index in [9.17, 15) is 0 Å². The summed E-state index contributed by atoms with van der Waals surface area (Å²) < 4.78 is 0. The quantitative estimate of drug-likeness (QED) is 0.738. The fourth-order valence-corrected chi connectivity index (χ4v) is 3.17. The third kappa shape index (κ3) is 2.32. The standard InChI is InChI=1S/C12H19N3S/c1-4-8-15(3)11-6-5-7-12(14-11)9-13-10(2)16-12/h5-6H,4,7-9H2,1-3H3. The first-order valence-corrected chi connectivity index (χ1v) is 6.64. The van der Waals surface area contributed by atoms with Crippen molar-refractivity contribution in [2.45, 2.75) is 31.6 Å². The van der Waals surface area contributed by atoms with Crippen LogP contribution in [0.15, 0.2) is 22.1 Å². The summed E-state index contributed by atoms with van der Waals surface area (Å²) in [5.74, 6) is 1.10. The largest absolute Gasteiger partial charge is 0.360 e. The van der Waals surface area contributed by atoms with Crippen LogP contribution in [0.3, 0.4) is 0 Å². The highest BCUT2D eigenvalue weighted by Gasteiger charge is 2.36. The van der Waals surface area contributed by atoms with Crippen molar-refractivity contribution in [1.29, 1.82) is 0 Å². The van der Waals surface area contributed by atoms with Gasteiger partial charge in [-0.3, -0.25) is 4.99 Å². The Morgan fingerprint density at radius 1 is 1.56 bits per heavy atom. The zero-order valence-electron chi connectivity index (χ0n) is 10.2. The highest BCUT2D eigenvalue weighted by Crippen LogP contribution is 2.39. The van der Waals surface area contributed by atoms with Crippen molar-refractivity contribution in [2.75, 3.05) is 20.1 Å². The number of likely N-dealkylation sites (N-methyl/N-ethyl adjacent to an activating group) is 1. The van der Waals surface area contributed by atoms with Crippen LogP contribution >= 0.6 is 11.8 Å². The van der Waals surface area contributed by atoms with Gasteiger partial charge in [0.1, 0.15) is 10.7 Å². The minimum atomic E-state index is -0.0316. The zero-order chi connectivity index (χ0) is 11.6. The Bertz CT molecular complexity index is 359. The van der Waals surface area contributed by atoms with E-state index in [0.29, 0.717) is 0 Å². The molecule has 1 spiro atoms. The molecule has 0 N–H and O–H groups in total. The number of thioether (sulfide) groups is 1. The number of hydrogen-bond acceptors (Lipinski definition) is 4. The molecular formula is C12H19N3S. The number of hydrogen-bond donors (Lipinski definition) is 0. The second-order valence-electron chi connectivity index (χ2n) is 4.38. The van der Waals surface area contributed by atoms with Crippen LogP contribution in [0, 0.1) is 0 Å². The van der Waals surface area contributed by atoms with Gasteiger partial charge < -0.3 is 4.90 Å². The van der Waals surface area contributed by atoms with Crippen molar-refractivity contribution in [1.82, 2.24) is 4.90 Å². The van der Waals surface area contributed by atoms with E-state index in [1.165, 1.54) is 0 Å². The lowest BCUT2D eigenvalue weighted by atomic mass is 10.1. The molecule has 0 aromatic carbocycles. The molecule has 1 atom stereocenters. The minimum Gasteiger partial charge on any atom is -0.360 e. The molecule has 0 saturated heterocycles. The van der Waals surface area contributed by atoms with Crippen LogP contribution in [-0.2, 0) is 0 Å². The van der Waals surface area contributed by atoms with Gasteiger partial charge >= 0.3 is 0 Å². The van der Waals surface area contributed by atoms with Crippen LogP contribution in [-0.4, -0.2) is 40.8 Å². The van der Waals surface area contributed by atoms with E-state index < -0.39 is 0 Å². The van der Waals surface area contributed by atoms with Crippen molar-refractivity contribution >= 4 is 22.6 Å². The highest BCUT2D eigenvalue weighted by molar-refractivity contribution is 8.15. The Kier molecular flexibility index (Phi) is 3.38. The monoisotopic (exact) mass is 237 g/mol. The van der Waals surface area contributed by atoms with Gasteiger partial charge in [0.25, 0.3) is 0 Å². The number of aliphatic imine (C=N–C) groups is 2. The number of rotatable bonds is 2. The molecule has 0 fully saturated rings. The Balaban J connectivity index is 2.12. The summed E-state index contributed by atoms with van der Waals surface area (Å²) >= 11 is 1.81. The molecule has 4 heteroatoms. The molecule has 2 heterocycles. The Morgan fingerprint density at radius 3 is 3.00 bits per heavy atom. The molecule has 0 bridgehead atoms. The van der Waals surface area contributed by atoms with Gasteiger partial charge in [-0.15, -0.1) is 0 Å². The fraction of sp³-hybridized carbons (Fsp3) is 0.667. The smallest absolute Gasteiger partial charge is 0.136 e. The molecular weight excluding hydrogens is 218 g/mol. The van der Waals surface area contributed by atoms with Crippen LogP contribution in [0.2, 0.25) is 0 Å². The van der Waals surface area contributed by atoms with Crippen molar-refractivity contribution < 1.29 is 0 Å². The number of nitrogens with zero attached hydrogens (tertiary/aromatic N) is 3. The molecule has 0 amide bonds. The Morgan fingerprint density at radius 2 is 2.38 bits per heavy atom. The molecule has 88 valence electrons. The lowest BCUT2D eigenvalue weighted by Gasteiger charge is -2.29.